The van der Waals surface area contributed by atoms with E-state index >= 15 is 0 Å². The largest absolute Gasteiger partial charge is 0.264 e. The van der Waals surface area contributed by atoms with Gasteiger partial charge in [0.2, 0.25) is 5.69 Å². The van der Waals surface area contributed by atoms with Crippen molar-refractivity contribution >= 4 is 10.8 Å². The fraction of sp³-hybridized carbons (Fsp3) is 0.259. The van der Waals surface area contributed by atoms with Gasteiger partial charge in [0.1, 0.15) is 7.05 Å². The van der Waals surface area contributed by atoms with Crippen molar-refractivity contribution in [2.75, 3.05) is 0 Å². The van der Waals surface area contributed by atoms with E-state index in [1.807, 2.05) is 18.5 Å². The Morgan fingerprint density at radius 3 is 2.48 bits per heavy atom. The summed E-state index contributed by atoms with van der Waals surface area (Å²) in [6.07, 6.45) is 4.86. The summed E-state index contributed by atoms with van der Waals surface area (Å²) in [5, 5.41) is 2.62. The third-order valence-electron chi connectivity index (χ3n) is 5.73. The van der Waals surface area contributed by atoms with Crippen molar-refractivity contribution in [3.8, 4) is 22.4 Å². The normalized spacial score (nSPS) is 11.4. The van der Waals surface area contributed by atoms with Crippen LogP contribution in [0.15, 0.2) is 67.0 Å². The number of benzene rings is 2. The summed E-state index contributed by atoms with van der Waals surface area (Å²) in [5.74, 6) is 0.659. The third kappa shape index (κ3) is 3.80. The summed E-state index contributed by atoms with van der Waals surface area (Å²) in [5.41, 5.74) is 8.86. The van der Waals surface area contributed by atoms with Crippen molar-refractivity contribution in [1.29, 1.82) is 0 Å². The van der Waals surface area contributed by atoms with Crippen LogP contribution in [-0.2, 0) is 13.5 Å². The zero-order valence-electron chi connectivity index (χ0n) is 18.0. The lowest BCUT2D eigenvalue weighted by molar-refractivity contribution is -0.665. The molecule has 0 spiro atoms. The predicted octanol–water partition coefficient (Wildman–Crippen LogP) is 6.21. The zero-order valence-corrected chi connectivity index (χ0v) is 18.0. The van der Waals surface area contributed by atoms with E-state index < -0.39 is 0 Å². The van der Waals surface area contributed by atoms with Gasteiger partial charge in [0.05, 0.1) is 10.9 Å². The van der Waals surface area contributed by atoms with Crippen molar-refractivity contribution < 1.29 is 4.57 Å². The lowest BCUT2D eigenvalue weighted by Crippen LogP contribution is -2.35. The Balaban J connectivity index is 1.95. The molecule has 0 fully saturated rings. The van der Waals surface area contributed by atoms with Gasteiger partial charge in [0.15, 0.2) is 5.69 Å². The molecule has 0 atom stereocenters. The Morgan fingerprint density at radius 2 is 1.76 bits per heavy atom. The molecular weight excluding hydrogens is 352 g/mol. The minimum Gasteiger partial charge on any atom is -0.264 e. The molecule has 2 aromatic heterocycles. The molecule has 0 radical (unpaired) electrons. The van der Waals surface area contributed by atoms with Crippen molar-refractivity contribution in [1.82, 2.24) is 4.98 Å². The van der Waals surface area contributed by atoms with Crippen LogP contribution >= 0.6 is 0 Å². The van der Waals surface area contributed by atoms with Crippen molar-refractivity contribution in [3.63, 3.8) is 0 Å². The lowest BCUT2D eigenvalue weighted by atomic mass is 9.93. The third-order valence-corrected chi connectivity index (χ3v) is 5.73. The number of hydrogen-bond acceptors (Lipinski definition) is 1. The summed E-state index contributed by atoms with van der Waals surface area (Å²) in [7, 11) is 2.17. The highest BCUT2D eigenvalue weighted by Crippen LogP contribution is 2.32. The fourth-order valence-corrected chi connectivity index (χ4v) is 4.14. The fourth-order valence-electron chi connectivity index (χ4n) is 4.14. The van der Waals surface area contributed by atoms with E-state index in [1.165, 1.54) is 44.4 Å². The number of hydrogen-bond donors (Lipinski definition) is 0. The van der Waals surface area contributed by atoms with E-state index in [0.717, 1.165) is 12.0 Å². The first-order valence-corrected chi connectivity index (χ1v) is 10.4. The Kier molecular flexibility index (Phi) is 5.19. The molecule has 2 heterocycles. The van der Waals surface area contributed by atoms with E-state index in [1.54, 1.807) is 0 Å². The molecule has 0 saturated carbocycles. The monoisotopic (exact) mass is 381 g/mol. The summed E-state index contributed by atoms with van der Waals surface area (Å²) in [4.78, 5) is 4.30. The molecule has 4 rings (SSSR count). The van der Waals surface area contributed by atoms with Gasteiger partial charge in [-0.2, -0.15) is 4.57 Å². The summed E-state index contributed by atoms with van der Waals surface area (Å²) in [6.45, 7) is 8.94. The van der Waals surface area contributed by atoms with Crippen LogP contribution in [0, 0.1) is 19.8 Å². The number of aromatic nitrogens is 2. The SMILES string of the molecule is Cc1ccc(-c2cccnc2)cc1-c1c2ccc(CC(C)C)cc2cc(C)[n+]1C. The summed E-state index contributed by atoms with van der Waals surface area (Å²) >= 11 is 0. The smallest absolute Gasteiger partial charge is 0.220 e. The van der Waals surface area contributed by atoms with E-state index in [2.05, 4.69) is 92.8 Å². The highest BCUT2D eigenvalue weighted by Gasteiger charge is 2.20. The van der Waals surface area contributed by atoms with Gasteiger partial charge in [0, 0.05) is 30.9 Å². The Morgan fingerprint density at radius 1 is 0.931 bits per heavy atom. The summed E-state index contributed by atoms with van der Waals surface area (Å²) in [6, 6.07) is 20.1. The van der Waals surface area contributed by atoms with Gasteiger partial charge in [-0.15, -0.1) is 0 Å². The maximum atomic E-state index is 4.30. The second-order valence-electron chi connectivity index (χ2n) is 8.48. The molecule has 0 saturated heterocycles. The number of aryl methyl sites for hydroxylation is 2. The Labute approximate surface area is 173 Å². The molecule has 0 amide bonds. The van der Waals surface area contributed by atoms with E-state index in [-0.39, 0.29) is 0 Å². The zero-order chi connectivity index (χ0) is 20.5. The topological polar surface area (TPSA) is 16.8 Å². The first-order chi connectivity index (χ1) is 13.9. The molecule has 0 aliphatic carbocycles. The minimum absolute atomic E-state index is 0.659. The van der Waals surface area contributed by atoms with Crippen LogP contribution in [0.3, 0.4) is 0 Å². The molecule has 29 heavy (non-hydrogen) atoms. The second-order valence-corrected chi connectivity index (χ2v) is 8.48. The number of fused-ring (bicyclic) bond motifs is 1. The van der Waals surface area contributed by atoms with E-state index in [9.17, 15) is 0 Å². The molecule has 0 bridgehead atoms. The van der Waals surface area contributed by atoms with Gasteiger partial charge < -0.3 is 0 Å². The number of pyridine rings is 2. The standard InChI is InChI=1S/C27H29N2/c1-18(2)13-21-9-11-25-24(15-21)14-20(4)29(5)27(25)26-16-22(10-8-19(26)3)23-7-6-12-28-17-23/h6-12,14-18H,13H2,1-5H3/q+1. The average molecular weight is 382 g/mol. The minimum atomic E-state index is 0.659. The van der Waals surface area contributed by atoms with Crippen LogP contribution in [0.4, 0.5) is 0 Å². The lowest BCUT2D eigenvalue weighted by Gasteiger charge is -2.13. The molecule has 0 aliphatic heterocycles. The van der Waals surface area contributed by atoms with Gasteiger partial charge in [-0.1, -0.05) is 44.2 Å². The Hall–Kier alpha value is -3.00. The Bertz CT molecular complexity index is 1170. The first kappa shape index (κ1) is 19.3. The molecule has 2 nitrogen and oxygen atoms in total. The van der Waals surface area contributed by atoms with Gasteiger partial charge in [-0.25, -0.2) is 0 Å². The molecule has 2 aromatic carbocycles. The molecular formula is C27H29N2+. The van der Waals surface area contributed by atoms with Crippen LogP contribution in [0.5, 0.6) is 0 Å². The van der Waals surface area contributed by atoms with Crippen molar-refractivity contribution in [3.05, 3.63) is 83.8 Å². The summed E-state index contributed by atoms with van der Waals surface area (Å²) < 4.78 is 2.32. The average Bonchev–Trinajstić information content (AvgIpc) is 2.70. The maximum absolute atomic E-state index is 4.30. The quantitative estimate of drug-likeness (QED) is 0.384. The second kappa shape index (κ2) is 7.79. The molecule has 146 valence electrons. The molecule has 0 aliphatic rings. The maximum Gasteiger partial charge on any atom is 0.220 e. The van der Waals surface area contributed by atoms with Crippen LogP contribution in [-0.4, -0.2) is 4.98 Å². The van der Waals surface area contributed by atoms with E-state index in [0.29, 0.717) is 5.92 Å². The molecule has 4 aromatic rings. The van der Waals surface area contributed by atoms with Crippen LogP contribution in [0.25, 0.3) is 33.2 Å². The number of rotatable bonds is 4. The van der Waals surface area contributed by atoms with Gasteiger partial charge >= 0.3 is 0 Å². The molecule has 2 heteroatoms. The van der Waals surface area contributed by atoms with Crippen LogP contribution in [0.1, 0.15) is 30.7 Å². The highest BCUT2D eigenvalue weighted by atomic mass is 14.9. The molecule has 0 N–H and O–H groups in total. The van der Waals surface area contributed by atoms with E-state index in [4.69, 9.17) is 0 Å². The van der Waals surface area contributed by atoms with Crippen molar-refractivity contribution in [2.24, 2.45) is 13.0 Å². The predicted molar refractivity (Wildman–Crippen MR) is 122 cm³/mol. The van der Waals surface area contributed by atoms with Gasteiger partial charge in [0.25, 0.3) is 0 Å². The molecule has 0 unspecified atom stereocenters. The first-order valence-electron chi connectivity index (χ1n) is 10.4. The van der Waals surface area contributed by atoms with Gasteiger partial charge in [-0.05, 0) is 59.5 Å². The van der Waals surface area contributed by atoms with Crippen molar-refractivity contribution in [2.45, 2.75) is 34.1 Å². The highest BCUT2D eigenvalue weighted by molar-refractivity contribution is 5.95. The van der Waals surface area contributed by atoms with Crippen LogP contribution < -0.4 is 4.57 Å². The van der Waals surface area contributed by atoms with Gasteiger partial charge in [-0.3, -0.25) is 4.98 Å². The number of nitrogens with zero attached hydrogens (tertiary/aromatic N) is 2. The van der Waals surface area contributed by atoms with Crippen LogP contribution in [0.2, 0.25) is 0 Å².